The summed E-state index contributed by atoms with van der Waals surface area (Å²) in [4.78, 5) is 20.6. The Morgan fingerprint density at radius 2 is 1.88 bits per heavy atom. The lowest BCUT2D eigenvalue weighted by molar-refractivity contribution is 0.0697. The summed E-state index contributed by atoms with van der Waals surface area (Å²) >= 11 is 0. The zero-order valence-corrected chi connectivity index (χ0v) is 18.5. The molecule has 4 rings (SSSR count). The van der Waals surface area contributed by atoms with E-state index in [4.69, 9.17) is 0 Å². The maximum absolute atomic E-state index is 13.1. The molecule has 2 N–H and O–H groups in total. The molecule has 2 aliphatic heterocycles. The van der Waals surface area contributed by atoms with Gasteiger partial charge < -0.3 is 14.9 Å². The number of nitrogens with one attached hydrogen (secondary N) is 1. The van der Waals surface area contributed by atoms with Crippen LogP contribution in [0.5, 0.6) is 0 Å². The van der Waals surface area contributed by atoms with E-state index in [1.807, 2.05) is 4.90 Å². The van der Waals surface area contributed by atoms with Crippen LogP contribution in [-0.2, 0) is 10.0 Å². The van der Waals surface area contributed by atoms with Crippen LogP contribution in [0.25, 0.3) is 0 Å². The summed E-state index contributed by atoms with van der Waals surface area (Å²) in [7, 11) is -4.00. The lowest BCUT2D eigenvalue weighted by atomic mass is 9.97. The van der Waals surface area contributed by atoms with Crippen LogP contribution >= 0.6 is 0 Å². The molecule has 3 heterocycles. The highest BCUT2D eigenvalue weighted by atomic mass is 32.2. The van der Waals surface area contributed by atoms with Crippen LogP contribution in [0.15, 0.2) is 41.4 Å². The Balaban J connectivity index is 1.52. The van der Waals surface area contributed by atoms with Crippen molar-refractivity contribution in [2.24, 2.45) is 5.92 Å². The number of piperidine rings is 1. The number of carboxylic acids is 1. The van der Waals surface area contributed by atoms with Gasteiger partial charge in [0.2, 0.25) is 0 Å². The molecule has 1 aromatic heterocycles. The number of pyridine rings is 1. The van der Waals surface area contributed by atoms with Crippen molar-refractivity contribution in [2.75, 3.05) is 42.3 Å². The number of aromatic carboxylic acids is 1. The summed E-state index contributed by atoms with van der Waals surface area (Å²) < 4.78 is 40.6. The van der Waals surface area contributed by atoms with E-state index in [0.717, 1.165) is 63.3 Å². The van der Waals surface area contributed by atoms with Gasteiger partial charge in [-0.05, 0) is 75.0 Å². The zero-order chi connectivity index (χ0) is 22.7. The molecular weight excluding hydrogens is 435 g/mol. The van der Waals surface area contributed by atoms with Crippen LogP contribution in [0, 0.1) is 11.7 Å². The second kappa shape index (κ2) is 9.41. The number of sulfonamides is 1. The van der Waals surface area contributed by atoms with Crippen LogP contribution in [-0.4, -0.2) is 62.1 Å². The van der Waals surface area contributed by atoms with Gasteiger partial charge in [-0.25, -0.2) is 22.6 Å². The number of carbonyl (C=O) groups is 1. The van der Waals surface area contributed by atoms with Gasteiger partial charge in [-0.15, -0.1) is 0 Å². The monoisotopic (exact) mass is 462 g/mol. The summed E-state index contributed by atoms with van der Waals surface area (Å²) in [5.74, 6) is -0.917. The van der Waals surface area contributed by atoms with Crippen molar-refractivity contribution >= 4 is 27.5 Å². The largest absolute Gasteiger partial charge is 0.478 e. The Hall–Kier alpha value is -2.72. The zero-order valence-electron chi connectivity index (χ0n) is 17.7. The number of nitrogens with zero attached hydrogens (tertiary/aromatic N) is 3. The van der Waals surface area contributed by atoms with E-state index in [9.17, 15) is 22.7 Å². The molecule has 0 aliphatic carbocycles. The molecule has 8 nitrogen and oxygen atoms in total. The van der Waals surface area contributed by atoms with Crippen LogP contribution < -0.4 is 9.62 Å². The molecule has 0 radical (unpaired) electrons. The van der Waals surface area contributed by atoms with Crippen molar-refractivity contribution in [1.82, 2.24) is 9.88 Å². The highest BCUT2D eigenvalue weighted by molar-refractivity contribution is 7.92. The molecule has 2 fully saturated rings. The summed E-state index contributed by atoms with van der Waals surface area (Å²) in [5, 5.41) is 9.77. The van der Waals surface area contributed by atoms with Crippen LogP contribution in [0.2, 0.25) is 0 Å². The van der Waals surface area contributed by atoms with Crippen molar-refractivity contribution in [3.63, 3.8) is 0 Å². The summed E-state index contributed by atoms with van der Waals surface area (Å²) in [6, 6.07) is 5.68. The van der Waals surface area contributed by atoms with Crippen molar-refractivity contribution in [3.8, 4) is 0 Å². The van der Waals surface area contributed by atoms with Gasteiger partial charge in [0.25, 0.3) is 10.0 Å². The molecule has 0 unspecified atom stereocenters. The van der Waals surface area contributed by atoms with E-state index in [1.54, 1.807) is 0 Å². The number of halogens is 1. The second-order valence-electron chi connectivity index (χ2n) is 8.42. The number of carboxylic acid groups (broad SMARTS) is 1. The Kier molecular flexibility index (Phi) is 6.61. The Bertz CT molecular complexity index is 1070. The lowest BCUT2D eigenvalue weighted by Gasteiger charge is -2.36. The first-order chi connectivity index (χ1) is 15.3. The van der Waals surface area contributed by atoms with Crippen molar-refractivity contribution in [3.05, 3.63) is 47.9 Å². The van der Waals surface area contributed by atoms with E-state index in [-0.39, 0.29) is 16.1 Å². The molecule has 0 amide bonds. The van der Waals surface area contributed by atoms with Gasteiger partial charge >= 0.3 is 5.97 Å². The highest BCUT2D eigenvalue weighted by Crippen LogP contribution is 2.28. The smallest absolute Gasteiger partial charge is 0.339 e. The number of hydrogen-bond acceptors (Lipinski definition) is 6. The van der Waals surface area contributed by atoms with Crippen molar-refractivity contribution < 1.29 is 22.7 Å². The van der Waals surface area contributed by atoms with Gasteiger partial charge in [-0.3, -0.25) is 4.72 Å². The number of aromatic nitrogens is 1. The number of likely N-dealkylation sites (tertiary alicyclic amines) is 1. The predicted molar refractivity (Wildman–Crippen MR) is 119 cm³/mol. The number of anilines is 2. The average Bonchev–Trinajstić information content (AvgIpc) is 3.27. The third-order valence-electron chi connectivity index (χ3n) is 6.01. The maximum Gasteiger partial charge on any atom is 0.339 e. The van der Waals surface area contributed by atoms with Gasteiger partial charge in [-0.2, -0.15) is 0 Å². The molecule has 2 aromatic rings. The first-order valence-electron chi connectivity index (χ1n) is 10.8. The normalized spacial score (nSPS) is 19.8. The Labute approximate surface area is 187 Å². The SMILES string of the molecule is O=C(O)c1cc(NS(=O)(=O)c2ccc(F)cc2)cnc1N1CCC[C@H](CN2CCCC2)C1. The van der Waals surface area contributed by atoms with E-state index >= 15 is 0 Å². The third kappa shape index (κ3) is 5.18. The molecular formula is C22H27FN4O4S. The number of hydrogen-bond donors (Lipinski definition) is 2. The molecule has 0 bridgehead atoms. The summed E-state index contributed by atoms with van der Waals surface area (Å²) in [6.45, 7) is 4.69. The Morgan fingerprint density at radius 3 is 2.56 bits per heavy atom. The minimum Gasteiger partial charge on any atom is -0.478 e. The molecule has 10 heteroatoms. The van der Waals surface area contributed by atoms with Gasteiger partial charge in [0.1, 0.15) is 17.2 Å². The minimum absolute atomic E-state index is 0.0427. The standard InChI is InChI=1S/C22H27FN4O4S/c23-17-5-7-19(8-6-17)32(30,31)25-18-12-20(22(28)29)21(24-13-18)27-11-3-4-16(15-27)14-26-9-1-2-10-26/h5-8,12-13,16,25H,1-4,9-11,14-15H2,(H,28,29)/t16-/m1/s1. The highest BCUT2D eigenvalue weighted by Gasteiger charge is 2.27. The molecule has 2 saturated heterocycles. The second-order valence-corrected chi connectivity index (χ2v) is 10.1. The molecule has 1 aromatic carbocycles. The number of benzene rings is 1. The Morgan fingerprint density at radius 1 is 1.16 bits per heavy atom. The van der Waals surface area contributed by atoms with Gasteiger partial charge in [0.05, 0.1) is 16.8 Å². The summed E-state index contributed by atoms with van der Waals surface area (Å²) in [6.07, 6.45) is 5.85. The van der Waals surface area contributed by atoms with E-state index in [0.29, 0.717) is 18.3 Å². The van der Waals surface area contributed by atoms with Crippen LogP contribution in [0.4, 0.5) is 15.9 Å². The fourth-order valence-electron chi connectivity index (χ4n) is 4.49. The maximum atomic E-state index is 13.1. The van der Waals surface area contributed by atoms with Crippen LogP contribution in [0.3, 0.4) is 0 Å². The van der Waals surface area contributed by atoms with Gasteiger partial charge in [0, 0.05) is 19.6 Å². The lowest BCUT2D eigenvalue weighted by Crippen LogP contribution is -2.41. The fraction of sp³-hybridized carbons (Fsp3) is 0.455. The topological polar surface area (TPSA) is 103 Å². The molecule has 2 aliphatic rings. The molecule has 0 spiro atoms. The molecule has 172 valence electrons. The van der Waals surface area contributed by atoms with E-state index < -0.39 is 21.8 Å². The molecule has 1 atom stereocenters. The first-order valence-corrected chi connectivity index (χ1v) is 12.3. The average molecular weight is 463 g/mol. The van der Waals surface area contributed by atoms with E-state index in [2.05, 4.69) is 14.6 Å². The first kappa shape index (κ1) is 22.5. The van der Waals surface area contributed by atoms with Gasteiger partial charge in [0.15, 0.2) is 0 Å². The predicted octanol–water partition coefficient (Wildman–Crippen LogP) is 3.03. The van der Waals surface area contributed by atoms with Crippen molar-refractivity contribution in [2.45, 2.75) is 30.6 Å². The minimum atomic E-state index is -4.00. The van der Waals surface area contributed by atoms with Crippen LogP contribution in [0.1, 0.15) is 36.0 Å². The van der Waals surface area contributed by atoms with Gasteiger partial charge in [-0.1, -0.05) is 0 Å². The molecule has 0 saturated carbocycles. The quantitative estimate of drug-likeness (QED) is 0.652. The molecule has 32 heavy (non-hydrogen) atoms. The van der Waals surface area contributed by atoms with Crippen molar-refractivity contribution in [1.29, 1.82) is 0 Å². The summed E-state index contributed by atoms with van der Waals surface area (Å²) in [5.41, 5.74) is -0.00719. The fourth-order valence-corrected chi connectivity index (χ4v) is 5.52. The number of rotatable bonds is 7. The third-order valence-corrected chi connectivity index (χ3v) is 7.40. The van der Waals surface area contributed by atoms with E-state index in [1.165, 1.54) is 25.1 Å².